The van der Waals surface area contributed by atoms with Gasteiger partial charge in [0.2, 0.25) is 11.8 Å². The lowest BCUT2D eigenvalue weighted by Gasteiger charge is -2.31. The van der Waals surface area contributed by atoms with E-state index in [2.05, 4.69) is 20.0 Å². The molecule has 31 heavy (non-hydrogen) atoms. The van der Waals surface area contributed by atoms with E-state index in [0.717, 1.165) is 61.4 Å². The van der Waals surface area contributed by atoms with Crippen LogP contribution in [0.15, 0.2) is 27.7 Å². The minimum Gasteiger partial charge on any atom is -0.478 e. The zero-order valence-electron chi connectivity index (χ0n) is 17.9. The van der Waals surface area contributed by atoms with Gasteiger partial charge < -0.3 is 14.2 Å². The molecule has 3 heterocycles. The van der Waals surface area contributed by atoms with Gasteiger partial charge in [-0.2, -0.15) is 4.98 Å². The summed E-state index contributed by atoms with van der Waals surface area (Å²) >= 11 is 0. The summed E-state index contributed by atoms with van der Waals surface area (Å²) in [5.74, 6) is 5.10. The minimum absolute atomic E-state index is 0.216. The van der Waals surface area contributed by atoms with Gasteiger partial charge in [-0.05, 0) is 73.4 Å². The highest BCUT2D eigenvalue weighted by molar-refractivity contribution is 7.90. The van der Waals surface area contributed by atoms with Crippen molar-refractivity contribution in [2.75, 3.05) is 30.9 Å². The van der Waals surface area contributed by atoms with Crippen LogP contribution in [-0.2, 0) is 16.3 Å². The molecule has 3 aliphatic rings. The fourth-order valence-corrected chi connectivity index (χ4v) is 5.28. The first-order chi connectivity index (χ1) is 15.0. The molecule has 168 valence electrons. The third-order valence-corrected chi connectivity index (χ3v) is 8.00. The largest absolute Gasteiger partial charge is 0.478 e. The molecule has 0 bridgehead atoms. The predicted octanol–water partition coefficient (Wildman–Crippen LogP) is 3.14. The Hall–Kier alpha value is -2.16. The third kappa shape index (κ3) is 5.19. The first-order valence-corrected chi connectivity index (χ1v) is 13.2. The number of ether oxygens (including phenoxy) is 1. The van der Waals surface area contributed by atoms with Crippen molar-refractivity contribution in [2.45, 2.75) is 49.8 Å². The maximum atomic E-state index is 11.5. The Labute approximate surface area is 183 Å². The highest BCUT2D eigenvalue weighted by Gasteiger charge is 2.43. The molecule has 1 saturated heterocycles. The summed E-state index contributed by atoms with van der Waals surface area (Å²) < 4.78 is 34.1. The van der Waals surface area contributed by atoms with Gasteiger partial charge in [0, 0.05) is 38.0 Å². The lowest BCUT2D eigenvalue weighted by atomic mass is 9.90. The van der Waals surface area contributed by atoms with E-state index in [4.69, 9.17) is 9.26 Å². The molecule has 8 nitrogen and oxygen atoms in total. The van der Waals surface area contributed by atoms with Crippen LogP contribution in [0.5, 0.6) is 5.88 Å². The zero-order chi connectivity index (χ0) is 21.4. The number of sulfone groups is 1. The number of hydrogen-bond donors (Lipinski definition) is 0. The Balaban J connectivity index is 1.02. The molecule has 2 aromatic rings. The topological polar surface area (TPSA) is 98.4 Å². The number of rotatable bonds is 9. The van der Waals surface area contributed by atoms with Gasteiger partial charge in [0.1, 0.15) is 0 Å². The Morgan fingerprint density at radius 2 is 2.00 bits per heavy atom. The van der Waals surface area contributed by atoms with Crippen LogP contribution in [-0.4, -0.2) is 49.5 Å². The van der Waals surface area contributed by atoms with Gasteiger partial charge in [0.15, 0.2) is 9.84 Å². The molecular weight excluding hydrogens is 416 g/mol. The molecule has 0 amide bonds. The summed E-state index contributed by atoms with van der Waals surface area (Å²) in [7, 11) is -3.22. The van der Waals surface area contributed by atoms with Gasteiger partial charge in [-0.15, -0.1) is 0 Å². The van der Waals surface area contributed by atoms with Crippen LogP contribution in [0.25, 0.3) is 0 Å². The maximum absolute atomic E-state index is 11.5. The fourth-order valence-electron chi connectivity index (χ4n) is 4.72. The smallest absolute Gasteiger partial charge is 0.266 e. The molecule has 0 aromatic carbocycles. The summed E-state index contributed by atoms with van der Waals surface area (Å²) in [4.78, 5) is 11.2. The molecule has 2 aromatic heterocycles. The van der Waals surface area contributed by atoms with Crippen LogP contribution in [0.2, 0.25) is 0 Å². The molecule has 0 spiro atoms. The summed E-state index contributed by atoms with van der Waals surface area (Å²) in [5, 5.41) is 4.19. The molecule has 5 rings (SSSR count). The summed E-state index contributed by atoms with van der Waals surface area (Å²) in [6.07, 6.45) is 10.7. The standard InChI is InChI=1S/C22H30N4O4S/c1-31(27,28)18-4-5-20(23-14-18)29-11-8-17-13-19(17)16-6-9-26(10-7-16)22-24-21(30-25-22)12-15-2-3-15/h4-5,14-17,19H,2-3,6-13H2,1H3/t17-,19-/m1/s1. The van der Waals surface area contributed by atoms with Crippen LogP contribution < -0.4 is 9.64 Å². The number of anilines is 1. The lowest BCUT2D eigenvalue weighted by Crippen LogP contribution is -2.35. The molecular formula is C22H30N4O4S. The first kappa shape index (κ1) is 20.7. The van der Waals surface area contributed by atoms with Crippen LogP contribution in [0.1, 0.15) is 44.4 Å². The molecule has 0 N–H and O–H groups in total. The fraction of sp³-hybridized carbons (Fsp3) is 0.682. The highest BCUT2D eigenvalue weighted by Crippen LogP contribution is 2.49. The van der Waals surface area contributed by atoms with Crippen molar-refractivity contribution in [3.63, 3.8) is 0 Å². The SMILES string of the molecule is CS(=O)(=O)c1ccc(OCC[C@@H]2C[C@@H]2C2CCN(c3noc(CC4CC4)n3)CC2)nc1. The summed E-state index contributed by atoms with van der Waals surface area (Å²) in [6.45, 7) is 2.63. The van der Waals surface area contributed by atoms with Crippen molar-refractivity contribution in [1.82, 2.24) is 15.1 Å². The third-order valence-electron chi connectivity index (χ3n) is 6.90. The molecule has 1 aliphatic heterocycles. The van der Waals surface area contributed by atoms with Crippen molar-refractivity contribution >= 4 is 15.8 Å². The number of pyridine rings is 1. The monoisotopic (exact) mass is 446 g/mol. The molecule has 2 saturated carbocycles. The van der Waals surface area contributed by atoms with Crippen LogP contribution >= 0.6 is 0 Å². The highest BCUT2D eigenvalue weighted by atomic mass is 32.2. The van der Waals surface area contributed by atoms with E-state index in [1.54, 1.807) is 12.1 Å². The number of piperidine rings is 1. The van der Waals surface area contributed by atoms with E-state index < -0.39 is 9.84 Å². The van der Waals surface area contributed by atoms with Crippen LogP contribution in [0, 0.1) is 23.7 Å². The van der Waals surface area contributed by atoms with Gasteiger partial charge in [-0.25, -0.2) is 13.4 Å². The van der Waals surface area contributed by atoms with Gasteiger partial charge in [-0.3, -0.25) is 0 Å². The second-order valence-electron chi connectivity index (χ2n) is 9.36. The second kappa shape index (κ2) is 8.41. The van der Waals surface area contributed by atoms with Crippen LogP contribution in [0.4, 0.5) is 5.95 Å². The summed E-state index contributed by atoms with van der Waals surface area (Å²) in [5.41, 5.74) is 0. The number of hydrogen-bond acceptors (Lipinski definition) is 8. The number of nitrogens with zero attached hydrogens (tertiary/aromatic N) is 4. The average Bonchev–Trinajstić information content (AvgIpc) is 3.67. The number of aromatic nitrogens is 3. The Morgan fingerprint density at radius 1 is 1.19 bits per heavy atom. The Morgan fingerprint density at radius 3 is 2.68 bits per heavy atom. The van der Waals surface area contributed by atoms with E-state index in [-0.39, 0.29) is 4.90 Å². The van der Waals surface area contributed by atoms with E-state index in [9.17, 15) is 8.42 Å². The molecule has 3 fully saturated rings. The Kier molecular flexibility index (Phi) is 5.62. The average molecular weight is 447 g/mol. The van der Waals surface area contributed by atoms with E-state index in [0.29, 0.717) is 12.5 Å². The Bertz CT molecular complexity index is 995. The molecule has 2 aliphatic carbocycles. The van der Waals surface area contributed by atoms with E-state index >= 15 is 0 Å². The molecule has 0 unspecified atom stereocenters. The van der Waals surface area contributed by atoms with Crippen molar-refractivity contribution in [1.29, 1.82) is 0 Å². The van der Waals surface area contributed by atoms with E-state index in [1.165, 1.54) is 44.6 Å². The second-order valence-corrected chi connectivity index (χ2v) is 11.4. The van der Waals surface area contributed by atoms with Crippen molar-refractivity contribution in [3.05, 3.63) is 24.2 Å². The van der Waals surface area contributed by atoms with Crippen molar-refractivity contribution < 1.29 is 17.7 Å². The predicted molar refractivity (Wildman–Crippen MR) is 115 cm³/mol. The maximum Gasteiger partial charge on any atom is 0.266 e. The minimum atomic E-state index is -3.22. The van der Waals surface area contributed by atoms with E-state index in [1.807, 2.05) is 0 Å². The first-order valence-electron chi connectivity index (χ1n) is 11.3. The van der Waals surface area contributed by atoms with Gasteiger partial charge >= 0.3 is 0 Å². The van der Waals surface area contributed by atoms with Gasteiger partial charge in [0.25, 0.3) is 5.95 Å². The van der Waals surface area contributed by atoms with Crippen molar-refractivity contribution in [2.24, 2.45) is 23.7 Å². The molecule has 9 heteroatoms. The van der Waals surface area contributed by atoms with Crippen molar-refractivity contribution in [3.8, 4) is 5.88 Å². The summed E-state index contributed by atoms with van der Waals surface area (Å²) in [6, 6.07) is 3.18. The quantitative estimate of drug-likeness (QED) is 0.579. The molecule has 0 radical (unpaired) electrons. The van der Waals surface area contributed by atoms with Gasteiger partial charge in [0.05, 0.1) is 11.5 Å². The van der Waals surface area contributed by atoms with Crippen LogP contribution in [0.3, 0.4) is 0 Å². The lowest BCUT2D eigenvalue weighted by molar-refractivity contribution is 0.275. The molecule has 2 atom stereocenters. The zero-order valence-corrected chi connectivity index (χ0v) is 18.8. The van der Waals surface area contributed by atoms with Gasteiger partial charge in [-0.1, -0.05) is 0 Å². The normalized spacial score (nSPS) is 24.4.